The molecule has 0 atom stereocenters. The second-order valence-corrected chi connectivity index (χ2v) is 7.24. The van der Waals surface area contributed by atoms with Gasteiger partial charge in [-0.1, -0.05) is 47.0 Å². The molecule has 122 valence electrons. The maximum Gasteiger partial charge on any atom is 0.339 e. The number of hydrogen-bond donors (Lipinski definition) is 0. The summed E-state index contributed by atoms with van der Waals surface area (Å²) >= 11 is 11.5. The fourth-order valence-corrected chi connectivity index (χ4v) is 3.24. The average molecular weight is 376 g/mol. The van der Waals surface area contributed by atoms with Crippen LogP contribution in [0.25, 0.3) is 0 Å². The van der Waals surface area contributed by atoms with E-state index < -0.39 is 25.6 Å². The lowest BCUT2D eigenvalue weighted by Gasteiger charge is -2.12. The first kappa shape index (κ1) is 17.5. The molecule has 2 rings (SSSR count). The molecule has 0 saturated carbocycles. The molecule has 0 unspecified atom stereocenters. The Balaban J connectivity index is 2.49. The van der Waals surface area contributed by atoms with Gasteiger partial charge in [0.25, 0.3) is 5.69 Å². The number of halogens is 2. The van der Waals surface area contributed by atoms with Crippen LogP contribution in [0.2, 0.25) is 0 Å². The monoisotopic (exact) mass is 375 g/mol. The highest BCUT2D eigenvalue weighted by Gasteiger charge is 2.27. The molecule has 9 heteroatoms. The van der Waals surface area contributed by atoms with Crippen molar-refractivity contribution in [3.8, 4) is 5.75 Å². The second-order valence-electron chi connectivity index (χ2n) is 4.60. The smallest absolute Gasteiger partial charge is 0.339 e. The molecule has 0 bridgehead atoms. The fraction of sp³-hybridized carbons (Fsp3) is 0.143. The predicted octanol–water partition coefficient (Wildman–Crippen LogP) is 4.15. The van der Waals surface area contributed by atoms with Crippen LogP contribution in [0, 0.1) is 17.0 Å². The zero-order chi connectivity index (χ0) is 17.2. The minimum atomic E-state index is -4.17. The first-order valence-corrected chi connectivity index (χ1v) is 8.57. The number of nitrogens with zero attached hydrogens (tertiary/aromatic N) is 1. The van der Waals surface area contributed by atoms with Crippen LogP contribution in [0.5, 0.6) is 5.75 Å². The first-order valence-electron chi connectivity index (χ1n) is 6.29. The van der Waals surface area contributed by atoms with E-state index in [1.807, 2.05) is 6.92 Å². The Morgan fingerprint density at radius 1 is 1.13 bits per heavy atom. The Morgan fingerprint density at radius 3 is 2.26 bits per heavy atom. The zero-order valence-electron chi connectivity index (χ0n) is 11.8. The highest BCUT2D eigenvalue weighted by Crippen LogP contribution is 2.40. The standard InChI is InChI=1S/C14H11Cl2NO5S/c1-9-5-7-10(8-6-9)23(20,21)22-12-4-2-3-11(17(18)19)13(12)14(15)16/h2-8,14H,1H3. The number of nitro benzene ring substituents is 1. The van der Waals surface area contributed by atoms with Gasteiger partial charge in [0.1, 0.15) is 15.3 Å². The molecule has 6 nitrogen and oxygen atoms in total. The highest BCUT2D eigenvalue weighted by atomic mass is 35.5. The molecule has 0 radical (unpaired) electrons. The van der Waals surface area contributed by atoms with Crippen LogP contribution in [0.3, 0.4) is 0 Å². The average Bonchev–Trinajstić information content (AvgIpc) is 2.46. The van der Waals surface area contributed by atoms with Gasteiger partial charge in [-0.3, -0.25) is 10.1 Å². The molecule has 0 aromatic heterocycles. The van der Waals surface area contributed by atoms with Crippen LogP contribution < -0.4 is 4.18 Å². The maximum absolute atomic E-state index is 12.3. The van der Waals surface area contributed by atoms with Gasteiger partial charge >= 0.3 is 10.1 Å². The maximum atomic E-state index is 12.3. The van der Waals surface area contributed by atoms with Gasteiger partial charge in [0, 0.05) is 6.07 Å². The predicted molar refractivity (Wildman–Crippen MR) is 86.5 cm³/mol. The van der Waals surface area contributed by atoms with E-state index in [4.69, 9.17) is 27.4 Å². The Hall–Kier alpha value is -1.83. The van der Waals surface area contributed by atoms with Crippen LogP contribution in [0.4, 0.5) is 5.69 Å². The van der Waals surface area contributed by atoms with Crippen LogP contribution in [0.15, 0.2) is 47.4 Å². The van der Waals surface area contributed by atoms with Gasteiger partial charge < -0.3 is 4.18 Å². The lowest BCUT2D eigenvalue weighted by molar-refractivity contribution is -0.385. The fourth-order valence-electron chi connectivity index (χ4n) is 1.85. The first-order chi connectivity index (χ1) is 10.7. The molecule has 2 aromatic rings. The normalized spacial score (nSPS) is 11.5. The van der Waals surface area contributed by atoms with Gasteiger partial charge in [-0.15, -0.1) is 0 Å². The number of alkyl halides is 2. The molecular formula is C14H11Cl2NO5S. The Bertz CT molecular complexity index is 835. The highest BCUT2D eigenvalue weighted by molar-refractivity contribution is 7.87. The Morgan fingerprint density at radius 2 is 1.74 bits per heavy atom. The topological polar surface area (TPSA) is 86.5 Å². The molecule has 0 aliphatic heterocycles. The van der Waals surface area contributed by atoms with Crippen LogP contribution >= 0.6 is 23.2 Å². The number of benzene rings is 2. The quantitative estimate of drug-likeness (QED) is 0.339. The van der Waals surface area contributed by atoms with E-state index in [1.54, 1.807) is 12.1 Å². The molecule has 0 saturated heterocycles. The largest absolute Gasteiger partial charge is 0.378 e. The molecule has 0 fully saturated rings. The third-order valence-electron chi connectivity index (χ3n) is 2.97. The van der Waals surface area contributed by atoms with Gasteiger partial charge in [0.05, 0.1) is 4.92 Å². The summed E-state index contributed by atoms with van der Waals surface area (Å²) in [5.74, 6) is -0.283. The number of aryl methyl sites for hydroxylation is 1. The van der Waals surface area contributed by atoms with Gasteiger partial charge in [-0.05, 0) is 25.1 Å². The van der Waals surface area contributed by atoms with Crippen LogP contribution in [0.1, 0.15) is 16.0 Å². The van der Waals surface area contributed by atoms with E-state index in [9.17, 15) is 18.5 Å². The van der Waals surface area contributed by atoms with Crippen molar-refractivity contribution >= 4 is 39.0 Å². The van der Waals surface area contributed by atoms with Gasteiger partial charge in [0.2, 0.25) is 0 Å². The van der Waals surface area contributed by atoms with Crippen molar-refractivity contribution in [2.24, 2.45) is 0 Å². The molecule has 0 aliphatic carbocycles. The number of hydrogen-bond acceptors (Lipinski definition) is 5. The van der Waals surface area contributed by atoms with Crippen molar-refractivity contribution < 1.29 is 17.5 Å². The zero-order valence-corrected chi connectivity index (χ0v) is 14.1. The van der Waals surface area contributed by atoms with Crippen molar-refractivity contribution in [1.82, 2.24) is 0 Å². The van der Waals surface area contributed by atoms with E-state index in [-0.39, 0.29) is 16.2 Å². The summed E-state index contributed by atoms with van der Waals surface area (Å²) in [6.07, 6.45) is 0. The van der Waals surface area contributed by atoms with Gasteiger partial charge in [0.15, 0.2) is 5.75 Å². The summed E-state index contributed by atoms with van der Waals surface area (Å²) in [6.45, 7) is 1.81. The Kier molecular flexibility index (Phi) is 5.13. The van der Waals surface area contributed by atoms with Crippen molar-refractivity contribution in [2.75, 3.05) is 0 Å². The Labute approximate surface area is 142 Å². The minimum absolute atomic E-state index is 0.0822. The molecule has 0 amide bonds. The molecule has 23 heavy (non-hydrogen) atoms. The van der Waals surface area contributed by atoms with Crippen LogP contribution in [-0.2, 0) is 10.1 Å². The van der Waals surface area contributed by atoms with Crippen molar-refractivity contribution in [2.45, 2.75) is 16.7 Å². The van der Waals surface area contributed by atoms with Crippen molar-refractivity contribution in [3.05, 3.63) is 63.7 Å². The van der Waals surface area contributed by atoms with E-state index in [1.165, 1.54) is 30.3 Å². The third-order valence-corrected chi connectivity index (χ3v) is 4.65. The molecule has 0 heterocycles. The molecule has 2 aromatic carbocycles. The van der Waals surface area contributed by atoms with E-state index in [0.29, 0.717) is 0 Å². The van der Waals surface area contributed by atoms with Crippen molar-refractivity contribution in [3.63, 3.8) is 0 Å². The van der Waals surface area contributed by atoms with E-state index >= 15 is 0 Å². The van der Waals surface area contributed by atoms with Gasteiger partial charge in [-0.25, -0.2) is 0 Å². The van der Waals surface area contributed by atoms with Crippen LogP contribution in [-0.4, -0.2) is 13.3 Å². The summed E-state index contributed by atoms with van der Waals surface area (Å²) in [5, 5.41) is 11.0. The minimum Gasteiger partial charge on any atom is -0.378 e. The molecule has 0 aliphatic rings. The molecular weight excluding hydrogens is 365 g/mol. The summed E-state index contributed by atoms with van der Waals surface area (Å²) in [7, 11) is -4.17. The van der Waals surface area contributed by atoms with E-state index in [2.05, 4.69) is 0 Å². The van der Waals surface area contributed by atoms with E-state index in [0.717, 1.165) is 5.56 Å². The molecule has 0 spiro atoms. The summed E-state index contributed by atoms with van der Waals surface area (Å²) in [4.78, 5) is 8.92. The lowest BCUT2D eigenvalue weighted by Crippen LogP contribution is -2.11. The summed E-state index contributed by atoms with van der Waals surface area (Å²) in [5.41, 5.74) is 0.245. The molecule has 0 N–H and O–H groups in total. The lowest BCUT2D eigenvalue weighted by atomic mass is 10.2. The summed E-state index contributed by atoms with van der Waals surface area (Å²) in [6, 6.07) is 9.68. The van der Waals surface area contributed by atoms with Gasteiger partial charge in [-0.2, -0.15) is 8.42 Å². The second kappa shape index (κ2) is 6.74. The SMILES string of the molecule is Cc1ccc(S(=O)(=O)Oc2cccc([N+](=O)[O-])c2C(Cl)Cl)cc1. The number of nitro groups is 1. The van der Waals surface area contributed by atoms with Crippen molar-refractivity contribution in [1.29, 1.82) is 0 Å². The third kappa shape index (κ3) is 3.93. The number of rotatable bonds is 5. The summed E-state index contributed by atoms with van der Waals surface area (Å²) < 4.78 is 29.6.